The van der Waals surface area contributed by atoms with Crippen LogP contribution in [0.2, 0.25) is 0 Å². The number of hydrogen-bond acceptors (Lipinski definition) is 5. The number of aromatic nitrogens is 3. The van der Waals surface area contributed by atoms with E-state index in [1.165, 1.54) is 12.1 Å². The number of fused-ring (bicyclic) bond motifs is 3. The third-order valence-electron chi connectivity index (χ3n) is 7.89. The molecule has 1 atom stereocenters. The van der Waals surface area contributed by atoms with Crippen LogP contribution in [0.3, 0.4) is 0 Å². The van der Waals surface area contributed by atoms with E-state index in [9.17, 15) is 23.5 Å². The number of carbonyl (C=O) groups is 2. The van der Waals surface area contributed by atoms with Crippen LogP contribution in [-0.4, -0.2) is 38.4 Å². The first-order valence-corrected chi connectivity index (χ1v) is 14.0. The molecule has 0 spiro atoms. The van der Waals surface area contributed by atoms with Crippen molar-refractivity contribution in [1.82, 2.24) is 25.6 Å². The van der Waals surface area contributed by atoms with E-state index in [4.69, 9.17) is 9.97 Å². The van der Waals surface area contributed by atoms with Gasteiger partial charge in [-0.05, 0) is 65.2 Å². The lowest BCUT2D eigenvalue weighted by Crippen LogP contribution is -2.31. The summed E-state index contributed by atoms with van der Waals surface area (Å²) in [5, 5.41) is 16.4. The number of phenolic OH excluding ortho intramolecular Hbond substituents is 1. The number of phenols is 1. The lowest BCUT2D eigenvalue weighted by molar-refractivity contribution is -0.120. The van der Waals surface area contributed by atoms with Gasteiger partial charge in [-0.1, -0.05) is 24.3 Å². The van der Waals surface area contributed by atoms with E-state index in [0.29, 0.717) is 51.0 Å². The maximum Gasteiger partial charge on any atom is 0.251 e. The molecule has 4 N–H and O–H groups in total. The average molecular weight is 590 g/mol. The number of aromatic hydroxyl groups is 1. The molecule has 0 unspecified atom stereocenters. The molecular weight excluding hydrogens is 564 g/mol. The molecule has 0 saturated carbocycles. The molecule has 8 nitrogen and oxygen atoms in total. The first-order valence-electron chi connectivity index (χ1n) is 14.0. The van der Waals surface area contributed by atoms with E-state index < -0.39 is 17.6 Å². The molecule has 7 rings (SSSR count). The van der Waals surface area contributed by atoms with Crippen LogP contribution in [0.1, 0.15) is 38.7 Å². The predicted molar refractivity (Wildman–Crippen MR) is 161 cm³/mol. The Morgan fingerprint density at radius 3 is 2.52 bits per heavy atom. The standard InChI is InChI=1S/C34H25F2N5O3/c35-22-9-20(10-23(36)13-22)27(17-38-31(43)12-21-16-37-28-8-7-24(42)14-25(21)28)33-32(40-29-3-1-2-4-30(29)41-33)18-5-6-19-15-39-34(44)26(19)11-18/h1-11,13-14,16,27,37,42H,12,15,17H2,(H,38,43)(H,39,44)/t27-/m0/s1. The molecule has 0 bridgehead atoms. The summed E-state index contributed by atoms with van der Waals surface area (Å²) >= 11 is 0. The molecule has 2 aromatic heterocycles. The number of amides is 2. The van der Waals surface area contributed by atoms with Gasteiger partial charge in [0, 0.05) is 53.3 Å². The van der Waals surface area contributed by atoms with E-state index in [2.05, 4.69) is 15.6 Å². The van der Waals surface area contributed by atoms with Crippen molar-refractivity contribution in [3.8, 4) is 17.0 Å². The fourth-order valence-electron chi connectivity index (χ4n) is 5.74. The second-order valence-corrected chi connectivity index (χ2v) is 10.8. The summed E-state index contributed by atoms with van der Waals surface area (Å²) in [5.41, 5.74) is 5.72. The Hall–Kier alpha value is -5.64. The molecule has 218 valence electrons. The highest BCUT2D eigenvalue weighted by atomic mass is 19.1. The molecule has 0 aliphatic carbocycles. The van der Waals surface area contributed by atoms with Gasteiger partial charge in [-0.15, -0.1) is 0 Å². The minimum Gasteiger partial charge on any atom is -0.508 e. The zero-order valence-electron chi connectivity index (χ0n) is 23.2. The number of nitrogens with one attached hydrogen (secondary N) is 3. The Balaban J connectivity index is 1.30. The van der Waals surface area contributed by atoms with Gasteiger partial charge < -0.3 is 20.7 Å². The smallest absolute Gasteiger partial charge is 0.251 e. The Morgan fingerprint density at radius 1 is 0.955 bits per heavy atom. The Morgan fingerprint density at radius 2 is 1.73 bits per heavy atom. The second-order valence-electron chi connectivity index (χ2n) is 10.8. The topological polar surface area (TPSA) is 120 Å². The van der Waals surface area contributed by atoms with Crippen LogP contribution in [0.15, 0.2) is 85.1 Å². The maximum absolute atomic E-state index is 14.6. The zero-order chi connectivity index (χ0) is 30.4. The number of carbonyl (C=O) groups excluding carboxylic acids is 2. The van der Waals surface area contributed by atoms with Crippen molar-refractivity contribution in [3.05, 3.63) is 125 Å². The van der Waals surface area contributed by atoms with Crippen molar-refractivity contribution in [1.29, 1.82) is 0 Å². The van der Waals surface area contributed by atoms with Crippen LogP contribution in [0.25, 0.3) is 33.2 Å². The van der Waals surface area contributed by atoms with Crippen molar-refractivity contribution in [2.45, 2.75) is 18.9 Å². The van der Waals surface area contributed by atoms with Crippen molar-refractivity contribution in [2.75, 3.05) is 6.54 Å². The molecule has 0 radical (unpaired) electrons. The maximum atomic E-state index is 14.6. The minimum absolute atomic E-state index is 0.00384. The molecular formula is C34H25F2N5O3. The van der Waals surface area contributed by atoms with Crippen LogP contribution < -0.4 is 10.6 Å². The molecule has 6 aromatic rings. The number of H-pyrrole nitrogens is 1. The molecule has 44 heavy (non-hydrogen) atoms. The Bertz CT molecular complexity index is 2090. The molecule has 0 saturated heterocycles. The van der Waals surface area contributed by atoms with E-state index in [1.54, 1.807) is 36.5 Å². The van der Waals surface area contributed by atoms with E-state index in [1.807, 2.05) is 30.3 Å². The van der Waals surface area contributed by atoms with Gasteiger partial charge >= 0.3 is 0 Å². The summed E-state index contributed by atoms with van der Waals surface area (Å²) in [6.45, 7) is 0.388. The second kappa shape index (κ2) is 10.9. The van der Waals surface area contributed by atoms with Crippen LogP contribution in [0.5, 0.6) is 5.75 Å². The lowest BCUT2D eigenvalue weighted by Gasteiger charge is -2.21. The molecule has 1 aliphatic heterocycles. The SMILES string of the molecule is O=C(Cc1c[nH]c2ccc(O)cc12)NC[C@@H](c1cc(F)cc(F)c1)c1nc2ccccc2nc1-c1ccc2c(c1)C(=O)NC2. The molecule has 4 aromatic carbocycles. The molecule has 1 aliphatic rings. The highest BCUT2D eigenvalue weighted by Crippen LogP contribution is 2.34. The predicted octanol–water partition coefficient (Wildman–Crippen LogP) is 5.50. The summed E-state index contributed by atoms with van der Waals surface area (Å²) in [7, 11) is 0. The fraction of sp³-hybridized carbons (Fsp3) is 0.118. The van der Waals surface area contributed by atoms with Gasteiger partial charge in [-0.2, -0.15) is 0 Å². The highest BCUT2D eigenvalue weighted by Gasteiger charge is 2.26. The van der Waals surface area contributed by atoms with E-state index >= 15 is 0 Å². The van der Waals surface area contributed by atoms with Crippen LogP contribution in [-0.2, 0) is 17.8 Å². The van der Waals surface area contributed by atoms with Crippen molar-refractivity contribution in [2.24, 2.45) is 0 Å². The number of nitrogens with zero attached hydrogens (tertiary/aromatic N) is 2. The van der Waals surface area contributed by atoms with Gasteiger partial charge in [-0.3, -0.25) is 9.59 Å². The highest BCUT2D eigenvalue weighted by molar-refractivity contribution is 5.99. The largest absolute Gasteiger partial charge is 0.508 e. The van der Waals surface area contributed by atoms with Crippen molar-refractivity contribution < 1.29 is 23.5 Å². The minimum atomic E-state index is -0.801. The van der Waals surface area contributed by atoms with Gasteiger partial charge in [0.1, 0.15) is 17.4 Å². The molecule has 10 heteroatoms. The Kier molecular flexibility index (Phi) is 6.73. The first kappa shape index (κ1) is 27.2. The average Bonchev–Trinajstić information content (AvgIpc) is 3.58. The summed E-state index contributed by atoms with van der Waals surface area (Å²) in [6, 6.07) is 20.8. The molecule has 2 amide bonds. The number of halogens is 2. The molecule has 3 heterocycles. The number of rotatable bonds is 7. The van der Waals surface area contributed by atoms with Gasteiger partial charge in [0.2, 0.25) is 5.91 Å². The van der Waals surface area contributed by atoms with Gasteiger partial charge in [0.15, 0.2) is 0 Å². The number of hydrogen-bond donors (Lipinski definition) is 4. The monoisotopic (exact) mass is 589 g/mol. The molecule has 0 fully saturated rings. The fourth-order valence-corrected chi connectivity index (χ4v) is 5.74. The van der Waals surface area contributed by atoms with Gasteiger partial charge in [0.25, 0.3) is 5.91 Å². The first-order chi connectivity index (χ1) is 21.3. The van der Waals surface area contributed by atoms with Crippen LogP contribution in [0, 0.1) is 11.6 Å². The van der Waals surface area contributed by atoms with E-state index in [0.717, 1.165) is 17.1 Å². The third-order valence-corrected chi connectivity index (χ3v) is 7.89. The third kappa shape index (κ3) is 5.11. The van der Waals surface area contributed by atoms with E-state index in [-0.39, 0.29) is 36.1 Å². The zero-order valence-corrected chi connectivity index (χ0v) is 23.2. The quantitative estimate of drug-likeness (QED) is 0.196. The number of benzene rings is 4. The lowest BCUT2D eigenvalue weighted by atomic mass is 9.90. The van der Waals surface area contributed by atoms with Crippen LogP contribution >= 0.6 is 0 Å². The number of aromatic amines is 1. The summed E-state index contributed by atoms with van der Waals surface area (Å²) in [4.78, 5) is 38.6. The van der Waals surface area contributed by atoms with Crippen molar-refractivity contribution >= 4 is 33.8 Å². The van der Waals surface area contributed by atoms with Crippen molar-refractivity contribution in [3.63, 3.8) is 0 Å². The summed E-state index contributed by atoms with van der Waals surface area (Å²) < 4.78 is 29.1. The van der Waals surface area contributed by atoms with Crippen LogP contribution in [0.4, 0.5) is 8.78 Å². The summed E-state index contributed by atoms with van der Waals surface area (Å²) in [5.74, 6) is -2.78. The number of para-hydroxylation sites is 2. The summed E-state index contributed by atoms with van der Waals surface area (Å²) in [6.07, 6.45) is 1.71. The Labute approximate surface area is 249 Å². The van der Waals surface area contributed by atoms with Gasteiger partial charge in [0.05, 0.1) is 28.8 Å². The van der Waals surface area contributed by atoms with Gasteiger partial charge in [-0.25, -0.2) is 18.7 Å². The normalized spacial score (nSPS) is 13.2.